The van der Waals surface area contributed by atoms with E-state index in [0.29, 0.717) is 17.1 Å². The number of aromatic nitrogens is 1. The maximum absolute atomic E-state index is 12.6. The Balaban J connectivity index is 1.84. The molecule has 0 unspecified atom stereocenters. The molecule has 1 amide bonds. The van der Waals surface area contributed by atoms with Crippen molar-refractivity contribution in [2.45, 2.75) is 11.8 Å². The number of carbonyl (C=O) groups is 1. The van der Waals surface area contributed by atoms with Gasteiger partial charge in [0.1, 0.15) is 0 Å². The molecule has 0 saturated carbocycles. The van der Waals surface area contributed by atoms with Crippen LogP contribution in [0.15, 0.2) is 65.7 Å². The molecule has 0 atom stereocenters. The van der Waals surface area contributed by atoms with E-state index in [1.165, 1.54) is 11.9 Å². The van der Waals surface area contributed by atoms with E-state index < -0.39 is 0 Å². The summed E-state index contributed by atoms with van der Waals surface area (Å²) in [5.41, 5.74) is 4.35. The first-order valence-corrected chi connectivity index (χ1v) is 8.88. The van der Waals surface area contributed by atoms with Gasteiger partial charge in [0.15, 0.2) is 0 Å². The van der Waals surface area contributed by atoms with Crippen LogP contribution < -0.4 is 15.2 Å². The first-order chi connectivity index (χ1) is 12.6. The second kappa shape index (κ2) is 8.03. The molecule has 0 spiro atoms. The SMILES string of the molecule is COc1ccc(NC(=O)c2ccc(C)c(-c3ccc(SN)cc3)c2)cn1. The average molecular weight is 365 g/mol. The number of pyridine rings is 1. The van der Waals surface area contributed by atoms with Crippen molar-refractivity contribution in [3.8, 4) is 17.0 Å². The third-order valence-electron chi connectivity index (χ3n) is 4.00. The summed E-state index contributed by atoms with van der Waals surface area (Å²) in [5.74, 6) is 0.312. The second-order valence-electron chi connectivity index (χ2n) is 5.72. The molecule has 0 aliphatic heterocycles. The Kier molecular flexibility index (Phi) is 5.55. The number of nitrogens with zero attached hydrogens (tertiary/aromatic N) is 1. The Morgan fingerprint density at radius 3 is 2.50 bits per heavy atom. The monoisotopic (exact) mass is 365 g/mol. The number of amides is 1. The highest BCUT2D eigenvalue weighted by Crippen LogP contribution is 2.27. The van der Waals surface area contributed by atoms with E-state index in [9.17, 15) is 4.79 Å². The van der Waals surface area contributed by atoms with Crippen molar-refractivity contribution >= 4 is 23.5 Å². The summed E-state index contributed by atoms with van der Waals surface area (Å²) in [5, 5.41) is 8.42. The smallest absolute Gasteiger partial charge is 0.255 e. The number of carbonyl (C=O) groups excluding carboxylic acids is 1. The van der Waals surface area contributed by atoms with Crippen molar-refractivity contribution in [1.29, 1.82) is 0 Å². The van der Waals surface area contributed by atoms with Crippen LogP contribution in [0.2, 0.25) is 0 Å². The molecule has 0 fully saturated rings. The molecule has 5 nitrogen and oxygen atoms in total. The number of nitrogens with one attached hydrogen (secondary N) is 1. The first-order valence-electron chi connectivity index (χ1n) is 8.00. The summed E-state index contributed by atoms with van der Waals surface area (Å²) in [6.45, 7) is 2.02. The van der Waals surface area contributed by atoms with E-state index in [-0.39, 0.29) is 5.91 Å². The Hall–Kier alpha value is -2.83. The summed E-state index contributed by atoms with van der Waals surface area (Å²) in [4.78, 5) is 17.7. The fraction of sp³-hybridized carbons (Fsp3) is 0.100. The van der Waals surface area contributed by atoms with Crippen molar-refractivity contribution in [2.24, 2.45) is 5.14 Å². The molecule has 0 bridgehead atoms. The predicted octanol–water partition coefficient (Wildman–Crippen LogP) is 4.28. The van der Waals surface area contributed by atoms with Crippen molar-refractivity contribution < 1.29 is 9.53 Å². The summed E-state index contributed by atoms with van der Waals surface area (Å²) < 4.78 is 5.02. The summed E-state index contributed by atoms with van der Waals surface area (Å²) in [7, 11) is 1.55. The standard InChI is InChI=1S/C20H19N3O2S/c1-13-3-4-15(11-18(13)14-5-8-17(26-21)9-6-14)20(24)23-16-7-10-19(25-2)22-12-16/h3-12H,21H2,1-2H3,(H,23,24). The van der Waals surface area contributed by atoms with Crippen LogP contribution in [0.3, 0.4) is 0 Å². The summed E-state index contributed by atoms with van der Waals surface area (Å²) >= 11 is 1.21. The molecule has 1 aromatic heterocycles. The van der Waals surface area contributed by atoms with E-state index in [4.69, 9.17) is 9.88 Å². The minimum Gasteiger partial charge on any atom is -0.481 e. The van der Waals surface area contributed by atoms with Gasteiger partial charge in [-0.05, 0) is 65.9 Å². The van der Waals surface area contributed by atoms with Gasteiger partial charge in [-0.2, -0.15) is 0 Å². The molecule has 3 N–H and O–H groups in total. The van der Waals surface area contributed by atoms with Crippen LogP contribution in [0.5, 0.6) is 5.88 Å². The van der Waals surface area contributed by atoms with Crippen molar-refractivity contribution in [3.05, 3.63) is 71.9 Å². The lowest BCUT2D eigenvalue weighted by Gasteiger charge is -2.10. The van der Waals surface area contributed by atoms with Crippen LogP contribution in [0, 0.1) is 6.92 Å². The number of aryl methyl sites for hydroxylation is 1. The normalized spacial score (nSPS) is 10.4. The van der Waals surface area contributed by atoms with Crippen molar-refractivity contribution in [2.75, 3.05) is 12.4 Å². The molecule has 132 valence electrons. The van der Waals surface area contributed by atoms with Crippen LogP contribution >= 0.6 is 11.9 Å². The van der Waals surface area contributed by atoms with E-state index in [1.807, 2.05) is 49.4 Å². The van der Waals surface area contributed by atoms with Crippen LogP contribution in [0.25, 0.3) is 11.1 Å². The fourth-order valence-corrected chi connectivity index (χ4v) is 2.86. The van der Waals surface area contributed by atoms with Gasteiger partial charge in [0, 0.05) is 16.5 Å². The van der Waals surface area contributed by atoms with E-state index in [2.05, 4.69) is 10.3 Å². The molecule has 0 aliphatic carbocycles. The van der Waals surface area contributed by atoms with Gasteiger partial charge < -0.3 is 10.1 Å². The fourth-order valence-electron chi connectivity index (χ4n) is 2.57. The second-order valence-corrected chi connectivity index (χ2v) is 6.42. The number of hydrogen-bond donors (Lipinski definition) is 2. The highest BCUT2D eigenvalue weighted by atomic mass is 32.2. The van der Waals surface area contributed by atoms with Gasteiger partial charge in [0.25, 0.3) is 5.91 Å². The molecule has 3 aromatic rings. The third kappa shape index (κ3) is 4.04. The Morgan fingerprint density at radius 1 is 1.12 bits per heavy atom. The molecule has 6 heteroatoms. The zero-order valence-corrected chi connectivity index (χ0v) is 15.3. The molecular formula is C20H19N3O2S. The lowest BCUT2D eigenvalue weighted by Crippen LogP contribution is -2.12. The Morgan fingerprint density at radius 2 is 1.88 bits per heavy atom. The number of benzene rings is 2. The summed E-state index contributed by atoms with van der Waals surface area (Å²) in [6, 6.07) is 17.1. The molecule has 1 heterocycles. The van der Waals surface area contributed by atoms with Gasteiger partial charge >= 0.3 is 0 Å². The molecule has 0 saturated heterocycles. The van der Waals surface area contributed by atoms with Crippen LogP contribution in [0.1, 0.15) is 15.9 Å². The zero-order chi connectivity index (χ0) is 18.5. The van der Waals surface area contributed by atoms with Crippen LogP contribution in [0.4, 0.5) is 5.69 Å². The highest BCUT2D eigenvalue weighted by Gasteiger charge is 2.10. The van der Waals surface area contributed by atoms with E-state index in [0.717, 1.165) is 21.6 Å². The maximum Gasteiger partial charge on any atom is 0.255 e. The van der Waals surface area contributed by atoms with E-state index in [1.54, 1.807) is 25.4 Å². The number of anilines is 1. The van der Waals surface area contributed by atoms with Crippen molar-refractivity contribution in [1.82, 2.24) is 4.98 Å². The largest absolute Gasteiger partial charge is 0.481 e. The van der Waals surface area contributed by atoms with Gasteiger partial charge in [0.05, 0.1) is 19.0 Å². The third-order valence-corrected chi connectivity index (χ3v) is 4.55. The molecule has 3 rings (SSSR count). The number of methoxy groups -OCH3 is 1. The lowest BCUT2D eigenvalue weighted by atomic mass is 9.98. The molecule has 0 radical (unpaired) electrons. The highest BCUT2D eigenvalue weighted by molar-refractivity contribution is 7.97. The van der Waals surface area contributed by atoms with Gasteiger partial charge in [-0.3, -0.25) is 9.93 Å². The van der Waals surface area contributed by atoms with Gasteiger partial charge in [0.2, 0.25) is 5.88 Å². The minimum absolute atomic E-state index is 0.188. The number of hydrogen-bond acceptors (Lipinski definition) is 5. The number of ether oxygens (including phenoxy) is 1. The van der Waals surface area contributed by atoms with Crippen LogP contribution in [-0.2, 0) is 0 Å². The summed E-state index contributed by atoms with van der Waals surface area (Å²) in [6.07, 6.45) is 1.56. The minimum atomic E-state index is -0.188. The Labute approximate surface area is 156 Å². The van der Waals surface area contributed by atoms with Crippen molar-refractivity contribution in [3.63, 3.8) is 0 Å². The van der Waals surface area contributed by atoms with Crippen LogP contribution in [-0.4, -0.2) is 18.0 Å². The van der Waals surface area contributed by atoms with Gasteiger partial charge in [-0.25, -0.2) is 4.98 Å². The number of rotatable bonds is 5. The molecule has 0 aliphatic rings. The molecular weight excluding hydrogens is 346 g/mol. The Bertz CT molecular complexity index is 909. The van der Waals surface area contributed by atoms with Gasteiger partial charge in [-0.1, -0.05) is 18.2 Å². The van der Waals surface area contributed by atoms with E-state index >= 15 is 0 Å². The average Bonchev–Trinajstić information content (AvgIpc) is 2.69. The zero-order valence-electron chi connectivity index (χ0n) is 14.5. The predicted molar refractivity (Wildman–Crippen MR) is 105 cm³/mol. The lowest BCUT2D eigenvalue weighted by molar-refractivity contribution is 0.102. The molecule has 26 heavy (non-hydrogen) atoms. The molecule has 2 aromatic carbocycles. The maximum atomic E-state index is 12.6. The topological polar surface area (TPSA) is 77.2 Å². The number of nitrogens with two attached hydrogens (primary N) is 1. The first kappa shape index (κ1) is 18.0. The van der Waals surface area contributed by atoms with Gasteiger partial charge in [-0.15, -0.1) is 0 Å². The quantitative estimate of drug-likeness (QED) is 0.660.